The fourth-order valence-corrected chi connectivity index (χ4v) is 10.8. The first-order valence-corrected chi connectivity index (χ1v) is 19.0. The van der Waals surface area contributed by atoms with E-state index in [4.69, 9.17) is 0 Å². The van der Waals surface area contributed by atoms with Crippen molar-refractivity contribution < 1.29 is 59.4 Å². The molecule has 3 aliphatic carbocycles. The van der Waals surface area contributed by atoms with Gasteiger partial charge in [-0.1, -0.05) is 42.5 Å². The van der Waals surface area contributed by atoms with Gasteiger partial charge in [0.15, 0.2) is 11.4 Å². The Bertz CT molecular complexity index is 2190. The van der Waals surface area contributed by atoms with Crippen LogP contribution in [0.25, 0.3) is 5.76 Å². The minimum atomic E-state index is -2.93. The first-order chi connectivity index (χ1) is 26.7. The van der Waals surface area contributed by atoms with Gasteiger partial charge in [0, 0.05) is 22.2 Å². The number of aliphatic hydroxyl groups is 4. The zero-order valence-corrected chi connectivity index (χ0v) is 32.3. The maximum Gasteiger partial charge on any atom is 0.327 e. The van der Waals surface area contributed by atoms with Crippen LogP contribution in [-0.2, 0) is 34.4 Å². The Morgan fingerprint density at radius 2 is 1.65 bits per heavy atom. The molecule has 9 atom stereocenters. The van der Waals surface area contributed by atoms with Crippen LogP contribution in [0.15, 0.2) is 65.4 Å². The van der Waals surface area contributed by atoms with Gasteiger partial charge < -0.3 is 46.2 Å². The molecule has 2 heterocycles. The molecule has 0 radical (unpaired) electrons. The number of ketones is 2. The van der Waals surface area contributed by atoms with Crippen LogP contribution in [0.5, 0.6) is 5.75 Å². The lowest BCUT2D eigenvalue weighted by Gasteiger charge is -2.53. The van der Waals surface area contributed by atoms with Crippen LogP contribution in [0.1, 0.15) is 49.9 Å². The largest absolute Gasteiger partial charge is 0.508 e. The van der Waals surface area contributed by atoms with Crippen LogP contribution in [0.2, 0.25) is 0 Å². The van der Waals surface area contributed by atoms with E-state index in [0.29, 0.717) is 5.56 Å². The molecule has 0 spiro atoms. The number of nitrogens with one attached hydrogen (secondary N) is 3. The third-order valence-corrected chi connectivity index (χ3v) is 13.5. The van der Waals surface area contributed by atoms with E-state index in [1.165, 1.54) is 60.8 Å². The van der Waals surface area contributed by atoms with Crippen molar-refractivity contribution in [2.75, 3.05) is 20.8 Å². The van der Waals surface area contributed by atoms with Crippen molar-refractivity contribution >= 4 is 52.8 Å². The minimum absolute atomic E-state index is 0.111. The highest BCUT2D eigenvalue weighted by atomic mass is 32.2. The number of thioether (sulfide) groups is 1. The molecule has 57 heavy (non-hydrogen) atoms. The molecule has 2 aromatic carbocycles. The fourth-order valence-electron chi connectivity index (χ4n) is 9.19. The van der Waals surface area contributed by atoms with Crippen LogP contribution < -0.4 is 16.0 Å². The molecule has 0 unspecified atom stereocenters. The van der Waals surface area contributed by atoms with Gasteiger partial charge in [0.25, 0.3) is 5.91 Å². The number of carbonyl (C=O) groups is 6. The maximum absolute atomic E-state index is 14.4. The number of benzene rings is 2. The van der Waals surface area contributed by atoms with Crippen molar-refractivity contribution in [1.82, 2.24) is 25.8 Å². The summed E-state index contributed by atoms with van der Waals surface area (Å²) in [4.78, 5) is 83.8. The average molecular weight is 806 g/mol. The molecule has 18 heteroatoms. The lowest BCUT2D eigenvalue weighted by Crippen LogP contribution is -2.71. The number of carboxylic acids is 1. The molecule has 7 rings (SSSR count). The van der Waals surface area contributed by atoms with Crippen molar-refractivity contribution in [2.45, 2.75) is 72.7 Å². The van der Waals surface area contributed by atoms with E-state index >= 15 is 0 Å². The first-order valence-electron chi connectivity index (χ1n) is 18.2. The number of phenolic OH excluding ortho intramolecular Hbond substituents is 1. The zero-order chi connectivity index (χ0) is 41.7. The molecular weight excluding hydrogens is 763 g/mol. The van der Waals surface area contributed by atoms with Gasteiger partial charge >= 0.3 is 5.97 Å². The molecule has 17 nitrogen and oxygen atoms in total. The van der Waals surface area contributed by atoms with Crippen molar-refractivity contribution in [3.63, 3.8) is 0 Å². The van der Waals surface area contributed by atoms with Gasteiger partial charge in [-0.05, 0) is 58.5 Å². The van der Waals surface area contributed by atoms with Crippen LogP contribution in [0, 0.1) is 11.8 Å². The lowest BCUT2D eigenvalue weighted by atomic mass is 9.54. The Balaban J connectivity index is 1.15. The molecule has 2 saturated heterocycles. The molecule has 2 aromatic rings. The molecular formula is C39H43N5O12S. The van der Waals surface area contributed by atoms with Crippen molar-refractivity contribution in [2.24, 2.45) is 11.8 Å². The second-order valence-corrected chi connectivity index (χ2v) is 17.7. The van der Waals surface area contributed by atoms with Crippen LogP contribution in [0.3, 0.4) is 0 Å². The highest BCUT2D eigenvalue weighted by molar-refractivity contribution is 8.01. The summed E-state index contributed by atoms with van der Waals surface area (Å²) in [6.45, 7) is 4.27. The van der Waals surface area contributed by atoms with Gasteiger partial charge in [-0.2, -0.15) is 0 Å². The number of aliphatic carboxylic acids is 1. The summed E-state index contributed by atoms with van der Waals surface area (Å²) in [7, 11) is 2.95. The van der Waals surface area contributed by atoms with Crippen LogP contribution in [-0.4, -0.2) is 130 Å². The van der Waals surface area contributed by atoms with E-state index in [1.807, 2.05) is 0 Å². The average Bonchev–Trinajstić information content (AvgIpc) is 3.40. The molecule has 0 aromatic heterocycles. The van der Waals surface area contributed by atoms with E-state index in [0.717, 1.165) is 0 Å². The van der Waals surface area contributed by atoms with Gasteiger partial charge in [0.2, 0.25) is 17.6 Å². The number of hydrogen-bond acceptors (Lipinski definition) is 14. The first kappa shape index (κ1) is 39.9. The van der Waals surface area contributed by atoms with Gasteiger partial charge in [-0.25, -0.2) is 4.79 Å². The van der Waals surface area contributed by atoms with Crippen LogP contribution in [0.4, 0.5) is 0 Å². The topological polar surface area (TPSA) is 266 Å². The highest BCUT2D eigenvalue weighted by Gasteiger charge is 2.67. The second-order valence-electron chi connectivity index (χ2n) is 15.9. The number of carbonyl (C=O) groups excluding carboxylic acids is 5. The fraction of sp³-hybridized carbons (Fsp3) is 0.436. The number of aliphatic hydroxyl groups excluding tert-OH is 2. The van der Waals surface area contributed by atoms with Gasteiger partial charge in [-0.15, -0.1) is 11.8 Å². The summed E-state index contributed by atoms with van der Waals surface area (Å²) < 4.78 is -0.825. The number of rotatable bonds is 9. The predicted octanol–water partition coefficient (Wildman–Crippen LogP) is 0.180. The molecule has 2 aliphatic heterocycles. The normalized spacial score (nSPS) is 31.9. The van der Waals surface area contributed by atoms with E-state index in [9.17, 15) is 59.4 Å². The summed E-state index contributed by atoms with van der Waals surface area (Å²) in [5, 5.41) is 74.7. The number of Topliss-reactive ketones (excluding diaryl/α,β-unsaturated/α-hetero) is 2. The molecule has 5 aliphatic rings. The molecule has 3 amide bonds. The number of carboxylic acid groups (broad SMARTS) is 1. The summed E-state index contributed by atoms with van der Waals surface area (Å²) in [5.74, 6) is -10.9. The number of likely N-dealkylation sites (N-methyl/N-ethyl adjacent to an activating group) is 1. The Morgan fingerprint density at radius 1 is 0.982 bits per heavy atom. The van der Waals surface area contributed by atoms with Gasteiger partial charge in [0.1, 0.15) is 46.3 Å². The monoisotopic (exact) mass is 805 g/mol. The van der Waals surface area contributed by atoms with Crippen molar-refractivity contribution in [1.29, 1.82) is 0 Å². The third kappa shape index (κ3) is 5.83. The van der Waals surface area contributed by atoms with Crippen LogP contribution >= 0.6 is 11.8 Å². The number of amides is 3. The quantitative estimate of drug-likeness (QED) is 0.0930. The summed E-state index contributed by atoms with van der Waals surface area (Å²) in [5.41, 5.74) is -5.95. The molecule has 9 N–H and O–H groups in total. The number of phenols is 1. The molecule has 1 saturated carbocycles. The standard InChI is InChI=1S/C39H43N5O12S/c1-37(2)29(36(53)54)44-34(52)25(35(44)57-37)42-33(51)24(16-10-7-6-8-11-16)40-15-41-32(50)23-28(47)26(43(4)5)19-14-18-22(30(48)39(19,56)31(23)49)27(46)21-17(38(18,3)55)12-9-13-20(21)45/h6-13,18-19,24-26,29,35,40,45-46,49,55-56H,14-15H2,1-5H3,(H,41,50)(H,42,51)(H,53,54)/t18-,19+,24-,25-,26+,29+,35-,38-,39+/m1/s1. The second kappa shape index (κ2) is 13.7. The molecule has 3 fully saturated rings. The number of hydrogen-bond donors (Lipinski definition) is 9. The summed E-state index contributed by atoms with van der Waals surface area (Å²) in [6.07, 6.45) is -0.304. The minimum Gasteiger partial charge on any atom is -0.508 e. The number of nitrogens with zero attached hydrogens (tertiary/aromatic N) is 2. The van der Waals surface area contributed by atoms with Gasteiger partial charge in [-0.3, -0.25) is 34.2 Å². The zero-order valence-electron chi connectivity index (χ0n) is 31.5. The third-order valence-electron chi connectivity index (χ3n) is 11.9. The lowest BCUT2D eigenvalue weighted by molar-refractivity contribution is -0.161. The van der Waals surface area contributed by atoms with E-state index in [2.05, 4.69) is 16.0 Å². The molecule has 302 valence electrons. The van der Waals surface area contributed by atoms with E-state index in [-0.39, 0.29) is 17.5 Å². The Kier molecular flexibility index (Phi) is 9.59. The van der Waals surface area contributed by atoms with Crippen molar-refractivity contribution in [3.8, 4) is 5.75 Å². The van der Waals surface area contributed by atoms with E-state index < -0.39 is 128 Å². The van der Waals surface area contributed by atoms with Crippen molar-refractivity contribution in [3.05, 3.63) is 82.1 Å². The summed E-state index contributed by atoms with van der Waals surface area (Å²) in [6, 6.07) is 7.73. The Labute approximate surface area is 330 Å². The number of fused-ring (bicyclic) bond motifs is 4. The highest BCUT2D eigenvalue weighted by Crippen LogP contribution is 2.57. The van der Waals surface area contributed by atoms with E-state index in [1.54, 1.807) is 44.2 Å². The SMILES string of the molecule is CN(C)[C@@H]1C(=O)C(C(=O)NCN[C@@H](C(=O)N[C@@H]2C(=O)N3[C@@H]2SC(C)(C)[C@@H]3C(=O)O)c2ccccc2)=C(O)[C@@]2(O)C(=O)C3=C(O)c4c(O)cccc4[C@@](C)(O)[C@@H]3C[C@@H]12. The predicted molar refractivity (Wildman–Crippen MR) is 202 cm³/mol. The Morgan fingerprint density at radius 3 is 2.28 bits per heavy atom. The maximum atomic E-state index is 14.4. The molecule has 0 bridgehead atoms. The smallest absolute Gasteiger partial charge is 0.327 e. The number of aromatic hydroxyl groups is 1. The number of β-lactam (4-membered cyclic amide) rings is 1. The Hall–Kier alpha value is -5.27. The van der Waals surface area contributed by atoms with Gasteiger partial charge in [0.05, 0.1) is 23.9 Å². The summed E-state index contributed by atoms with van der Waals surface area (Å²) >= 11 is 1.25.